The summed E-state index contributed by atoms with van der Waals surface area (Å²) in [5.74, 6) is -1.38. The van der Waals surface area contributed by atoms with Crippen molar-refractivity contribution in [1.82, 2.24) is 0 Å². The van der Waals surface area contributed by atoms with Gasteiger partial charge in [-0.25, -0.2) is 14.0 Å². The topological polar surface area (TPSA) is 84.9 Å². The second kappa shape index (κ2) is 7.21. The third-order valence-electron chi connectivity index (χ3n) is 2.89. The number of halogens is 1. The van der Waals surface area contributed by atoms with Crippen LogP contribution in [0.4, 0.5) is 14.9 Å². The number of hydrogen-bond donors (Lipinski definition) is 2. The van der Waals surface area contributed by atoms with Gasteiger partial charge in [-0.1, -0.05) is 6.07 Å². The third-order valence-corrected chi connectivity index (χ3v) is 2.89. The van der Waals surface area contributed by atoms with Crippen molar-refractivity contribution in [2.24, 2.45) is 0 Å². The number of carbonyl (C=O) groups is 2. The maximum Gasteiger partial charge on any atom is 0.412 e. The molecule has 0 spiro atoms. The number of nitrogens with one attached hydrogen (secondary N) is 1. The lowest BCUT2D eigenvalue weighted by Gasteiger charge is -2.19. The molecule has 132 valence electrons. The van der Waals surface area contributed by atoms with Crippen molar-refractivity contribution in [3.63, 3.8) is 0 Å². The number of aromatic carboxylic acids is 1. The number of ether oxygens (including phenoxy) is 2. The van der Waals surface area contributed by atoms with Gasteiger partial charge in [0.15, 0.2) is 5.82 Å². The molecule has 0 atom stereocenters. The summed E-state index contributed by atoms with van der Waals surface area (Å²) in [5.41, 5.74) is -0.694. The largest absolute Gasteiger partial charge is 0.478 e. The number of hydrogen-bond acceptors (Lipinski definition) is 4. The molecule has 2 rings (SSSR count). The Bertz CT molecular complexity index is 798. The van der Waals surface area contributed by atoms with Gasteiger partial charge < -0.3 is 14.6 Å². The molecule has 1 amide bonds. The summed E-state index contributed by atoms with van der Waals surface area (Å²) in [6.45, 7) is 5.10. The van der Waals surface area contributed by atoms with E-state index in [0.29, 0.717) is 0 Å². The predicted molar refractivity (Wildman–Crippen MR) is 89.7 cm³/mol. The van der Waals surface area contributed by atoms with E-state index < -0.39 is 23.5 Å². The Hall–Kier alpha value is -3.09. The molecule has 6 nitrogen and oxygen atoms in total. The number of carbonyl (C=O) groups excluding carboxylic acids is 1. The van der Waals surface area contributed by atoms with Crippen LogP contribution in [0.5, 0.6) is 11.5 Å². The fourth-order valence-electron chi connectivity index (χ4n) is 1.90. The number of anilines is 1. The molecule has 7 heteroatoms. The Morgan fingerprint density at radius 2 is 1.76 bits per heavy atom. The van der Waals surface area contributed by atoms with E-state index >= 15 is 0 Å². The van der Waals surface area contributed by atoms with E-state index in [0.717, 1.165) is 6.07 Å². The molecular weight excluding hydrogens is 329 g/mol. The first kappa shape index (κ1) is 18.3. The van der Waals surface area contributed by atoms with Gasteiger partial charge in [0.05, 0.1) is 11.3 Å². The minimum absolute atomic E-state index is 0.0547. The summed E-state index contributed by atoms with van der Waals surface area (Å²) in [6, 6.07) is 9.68. The average molecular weight is 347 g/mol. The monoisotopic (exact) mass is 347 g/mol. The SMILES string of the molecule is CC(C)(C)OC(=O)Nc1ccc(Oc2cccc(C(=O)O)c2)cc1F. The molecule has 0 fully saturated rings. The van der Waals surface area contributed by atoms with Gasteiger partial charge in [-0.05, 0) is 51.1 Å². The molecular formula is C18H18FNO5. The zero-order valence-electron chi connectivity index (χ0n) is 14.0. The molecule has 0 unspecified atom stereocenters. The van der Waals surface area contributed by atoms with Crippen LogP contribution in [0.3, 0.4) is 0 Å². The second-order valence-electron chi connectivity index (χ2n) is 6.20. The number of rotatable bonds is 4. The summed E-state index contributed by atoms with van der Waals surface area (Å²) in [4.78, 5) is 22.6. The van der Waals surface area contributed by atoms with Crippen molar-refractivity contribution in [2.45, 2.75) is 26.4 Å². The van der Waals surface area contributed by atoms with Crippen LogP contribution in [0, 0.1) is 5.82 Å². The zero-order chi connectivity index (χ0) is 18.6. The number of amides is 1. The zero-order valence-corrected chi connectivity index (χ0v) is 14.0. The Kier molecular flexibility index (Phi) is 5.26. The van der Waals surface area contributed by atoms with Crippen LogP contribution in [-0.2, 0) is 4.74 Å². The smallest absolute Gasteiger partial charge is 0.412 e. The Balaban J connectivity index is 2.10. The van der Waals surface area contributed by atoms with Gasteiger partial charge in [0.2, 0.25) is 0 Å². The lowest BCUT2D eigenvalue weighted by atomic mass is 10.2. The van der Waals surface area contributed by atoms with Crippen LogP contribution in [0.25, 0.3) is 0 Å². The minimum Gasteiger partial charge on any atom is -0.478 e. The first-order valence-corrected chi connectivity index (χ1v) is 7.45. The second-order valence-corrected chi connectivity index (χ2v) is 6.20. The van der Waals surface area contributed by atoms with Gasteiger partial charge in [-0.2, -0.15) is 0 Å². The van der Waals surface area contributed by atoms with Crippen LogP contribution in [-0.4, -0.2) is 22.8 Å². The molecule has 0 bridgehead atoms. The van der Waals surface area contributed by atoms with Gasteiger partial charge in [-0.15, -0.1) is 0 Å². The molecule has 0 radical (unpaired) electrons. The highest BCUT2D eigenvalue weighted by molar-refractivity contribution is 5.88. The predicted octanol–water partition coefficient (Wildman–Crippen LogP) is 4.66. The van der Waals surface area contributed by atoms with Crippen LogP contribution in [0.15, 0.2) is 42.5 Å². The molecule has 0 heterocycles. The van der Waals surface area contributed by atoms with Gasteiger partial charge >= 0.3 is 12.1 Å². The standard InChI is InChI=1S/C18H18FNO5/c1-18(2,3)25-17(23)20-15-8-7-13(10-14(15)19)24-12-6-4-5-11(9-12)16(21)22/h4-10H,1-3H3,(H,20,23)(H,21,22). The van der Waals surface area contributed by atoms with Crippen molar-refractivity contribution in [1.29, 1.82) is 0 Å². The average Bonchev–Trinajstić information content (AvgIpc) is 2.48. The molecule has 0 aliphatic rings. The Labute approximate surface area is 144 Å². The van der Waals surface area contributed by atoms with E-state index in [-0.39, 0.29) is 22.7 Å². The molecule has 0 aliphatic carbocycles. The van der Waals surface area contributed by atoms with E-state index in [9.17, 15) is 14.0 Å². The summed E-state index contributed by atoms with van der Waals surface area (Å²) in [6.07, 6.45) is -0.769. The molecule has 2 N–H and O–H groups in total. The summed E-state index contributed by atoms with van der Waals surface area (Å²) in [7, 11) is 0. The van der Waals surface area contributed by atoms with E-state index in [1.165, 1.54) is 30.3 Å². The highest BCUT2D eigenvalue weighted by Crippen LogP contribution is 2.26. The van der Waals surface area contributed by atoms with E-state index in [4.69, 9.17) is 14.6 Å². The molecule has 2 aromatic carbocycles. The first-order valence-electron chi connectivity index (χ1n) is 7.45. The van der Waals surface area contributed by atoms with Crippen molar-refractivity contribution in [3.8, 4) is 11.5 Å². The molecule has 0 aliphatic heterocycles. The molecule has 25 heavy (non-hydrogen) atoms. The van der Waals surface area contributed by atoms with E-state index in [2.05, 4.69) is 5.32 Å². The maximum absolute atomic E-state index is 14.1. The highest BCUT2D eigenvalue weighted by Gasteiger charge is 2.17. The van der Waals surface area contributed by atoms with E-state index in [1.807, 2.05) is 0 Å². The first-order chi connectivity index (χ1) is 11.6. The molecule has 2 aromatic rings. The van der Waals surface area contributed by atoms with Gasteiger partial charge in [0, 0.05) is 6.07 Å². The van der Waals surface area contributed by atoms with Gasteiger partial charge in [-0.3, -0.25) is 5.32 Å². The quantitative estimate of drug-likeness (QED) is 0.840. The van der Waals surface area contributed by atoms with E-state index in [1.54, 1.807) is 26.8 Å². The molecule has 0 aromatic heterocycles. The van der Waals surface area contributed by atoms with Crippen LogP contribution in [0.2, 0.25) is 0 Å². The fraction of sp³-hybridized carbons (Fsp3) is 0.222. The van der Waals surface area contributed by atoms with Gasteiger partial charge in [0.1, 0.15) is 17.1 Å². The van der Waals surface area contributed by atoms with Crippen molar-refractivity contribution in [3.05, 3.63) is 53.8 Å². The Morgan fingerprint density at radius 3 is 2.36 bits per heavy atom. The van der Waals surface area contributed by atoms with Crippen LogP contribution in [0.1, 0.15) is 31.1 Å². The number of carboxylic acid groups (broad SMARTS) is 1. The number of benzene rings is 2. The van der Waals surface area contributed by atoms with Crippen molar-refractivity contribution >= 4 is 17.7 Å². The van der Waals surface area contributed by atoms with Crippen LogP contribution >= 0.6 is 0 Å². The normalized spacial score (nSPS) is 10.9. The van der Waals surface area contributed by atoms with Crippen molar-refractivity contribution in [2.75, 3.05) is 5.32 Å². The summed E-state index contributed by atoms with van der Waals surface area (Å²) >= 11 is 0. The third kappa shape index (κ3) is 5.49. The minimum atomic E-state index is -1.09. The number of carboxylic acids is 1. The lowest BCUT2D eigenvalue weighted by molar-refractivity contribution is 0.0633. The summed E-state index contributed by atoms with van der Waals surface area (Å²) in [5, 5.41) is 11.3. The van der Waals surface area contributed by atoms with Gasteiger partial charge in [0.25, 0.3) is 0 Å². The van der Waals surface area contributed by atoms with Crippen molar-refractivity contribution < 1.29 is 28.6 Å². The Morgan fingerprint density at radius 1 is 1.08 bits per heavy atom. The highest BCUT2D eigenvalue weighted by atomic mass is 19.1. The van der Waals surface area contributed by atoms with Crippen LogP contribution < -0.4 is 10.1 Å². The molecule has 0 saturated heterocycles. The fourth-order valence-corrected chi connectivity index (χ4v) is 1.90. The molecule has 0 saturated carbocycles. The lowest BCUT2D eigenvalue weighted by Crippen LogP contribution is -2.27. The maximum atomic E-state index is 14.1. The summed E-state index contributed by atoms with van der Waals surface area (Å²) < 4.78 is 24.6.